The Hall–Kier alpha value is -3.68. The maximum atomic E-state index is 4.29. The summed E-state index contributed by atoms with van der Waals surface area (Å²) in [5.74, 6) is 0. The number of hydrogen-bond acceptors (Lipinski definition) is 12. The van der Waals surface area contributed by atoms with Gasteiger partial charge < -0.3 is 37.5 Å². The largest absolute Gasteiger partial charge is 0.385 e. The third kappa shape index (κ3) is 219. The standard InChI is InChI=1S/7C10H22N2.7C2H6/c2*1-9(2,3)7-11-8-12-10(4,5)6;2*1-9(2,3)7-11-12-8-10(4,5)6;1-9(2,3)11-7-8-12-10(4,5)6;2*1-9(2,3)7-8-11-12-10(4,5)6;7*1-2/h2*8H,7H2,1-6H3,(H,11,12);7-8H2,1-6H3;7,12H,8H2,1-6H3;7-8,11-12H,1-6H3;8,12H,7H2,1-6H3;7-8,11-12H,1-6H3;7*1-2H3/b;;;11-7-;8-7-;11-8-;8-7-;;;;;;;. The second-order valence-electron chi connectivity index (χ2n) is 37.9. The molecule has 0 saturated heterocycles. The van der Waals surface area contributed by atoms with E-state index in [2.05, 4.69) is 370 Å². The van der Waals surface area contributed by atoms with Gasteiger partial charge in [0, 0.05) is 83.9 Å². The first kappa shape index (κ1) is 127. The zero-order chi connectivity index (χ0) is 82.8. The Kier molecular flexibility index (Phi) is 88.1. The minimum atomic E-state index is 0.0778. The minimum absolute atomic E-state index is 0.0778. The van der Waals surface area contributed by atoms with Crippen molar-refractivity contribution in [2.75, 3.05) is 32.7 Å². The van der Waals surface area contributed by atoms with Crippen LogP contribution in [-0.2, 0) is 0 Å². The Morgan fingerprint density at radius 1 is 0.276 bits per heavy atom. The normalized spacial score (nSPS) is 12.3. The number of azo groups is 1. The van der Waals surface area contributed by atoms with Gasteiger partial charge in [-0.2, -0.15) is 20.4 Å². The number of nitrogens with one attached hydrogen (secondary N) is 8. The van der Waals surface area contributed by atoms with Crippen LogP contribution < -0.4 is 43.0 Å². The van der Waals surface area contributed by atoms with E-state index in [9.17, 15) is 0 Å². The predicted octanol–water partition coefficient (Wildman–Crippen LogP) is 25.7. The summed E-state index contributed by atoms with van der Waals surface area (Å²) >= 11 is 0. The van der Waals surface area contributed by atoms with E-state index in [-0.39, 0.29) is 65.7 Å². The summed E-state index contributed by atoms with van der Waals surface area (Å²) < 4.78 is 0. The van der Waals surface area contributed by atoms with Gasteiger partial charge >= 0.3 is 0 Å². The van der Waals surface area contributed by atoms with E-state index < -0.39 is 0 Å². The number of nitrogens with zero attached hydrogens (tertiary/aromatic N) is 6. The van der Waals surface area contributed by atoms with Crippen molar-refractivity contribution >= 4 is 25.1 Å². The molecule has 0 spiro atoms. The molecule has 0 rings (SSSR count). The van der Waals surface area contributed by atoms with Gasteiger partial charge in [0.15, 0.2) is 0 Å². The van der Waals surface area contributed by atoms with Crippen LogP contribution in [0.15, 0.2) is 55.1 Å². The van der Waals surface area contributed by atoms with Crippen LogP contribution in [0.3, 0.4) is 0 Å². The number of aliphatic imine (C=N–C) groups is 2. The fourth-order valence-electron chi connectivity index (χ4n) is 3.86. The molecule has 0 saturated carbocycles. The van der Waals surface area contributed by atoms with Crippen molar-refractivity contribution < 1.29 is 0 Å². The summed E-state index contributed by atoms with van der Waals surface area (Å²) in [6, 6.07) is 0. The van der Waals surface area contributed by atoms with Crippen molar-refractivity contribution in [3.63, 3.8) is 0 Å². The molecule has 0 aromatic carbocycles. The van der Waals surface area contributed by atoms with Gasteiger partial charge in [0.25, 0.3) is 0 Å². The van der Waals surface area contributed by atoms with E-state index in [4.69, 9.17) is 0 Å². The summed E-state index contributed by atoms with van der Waals surface area (Å²) in [4.78, 5) is 8.58. The minimum Gasteiger partial charge on any atom is -0.385 e. The van der Waals surface area contributed by atoms with Gasteiger partial charge in [-0.1, -0.05) is 269 Å². The molecular weight excluding hydrogens is 1210 g/mol. The Balaban J connectivity index is -0.0000000678. The number of hydrazone groups is 2. The van der Waals surface area contributed by atoms with Gasteiger partial charge in [-0.05, 0) is 174 Å². The van der Waals surface area contributed by atoms with Crippen LogP contribution in [0.25, 0.3) is 0 Å². The Morgan fingerprint density at radius 2 is 0.561 bits per heavy atom. The van der Waals surface area contributed by atoms with Crippen molar-refractivity contribution in [1.82, 2.24) is 43.0 Å². The summed E-state index contributed by atoms with van der Waals surface area (Å²) in [6.45, 7) is 123. The zero-order valence-corrected chi connectivity index (χ0v) is 78.5. The molecule has 0 atom stereocenters. The lowest BCUT2D eigenvalue weighted by molar-refractivity contribution is 0.384. The average Bonchev–Trinajstić information content (AvgIpc) is 1.25. The van der Waals surface area contributed by atoms with Crippen LogP contribution in [0.2, 0.25) is 0 Å². The Bertz CT molecular complexity index is 1420. The molecule has 14 heteroatoms. The van der Waals surface area contributed by atoms with Crippen molar-refractivity contribution in [3.8, 4) is 0 Å². The van der Waals surface area contributed by atoms with Crippen molar-refractivity contribution in [2.24, 2.45) is 73.7 Å². The lowest BCUT2D eigenvalue weighted by Gasteiger charge is -2.21. The molecular formula is C84H196N14. The molecule has 0 aromatic rings. The molecule has 0 amide bonds. The van der Waals surface area contributed by atoms with E-state index in [1.165, 1.54) is 0 Å². The van der Waals surface area contributed by atoms with Crippen LogP contribution in [-0.4, -0.2) is 91.1 Å². The van der Waals surface area contributed by atoms with Gasteiger partial charge in [-0.3, -0.25) is 9.98 Å². The van der Waals surface area contributed by atoms with Gasteiger partial charge in [-0.25, -0.2) is 5.43 Å². The third-order valence-corrected chi connectivity index (χ3v) is 8.08. The molecule has 0 fully saturated rings. The first-order valence-corrected chi connectivity index (χ1v) is 38.3. The summed E-state index contributed by atoms with van der Waals surface area (Å²) in [7, 11) is 0. The Morgan fingerprint density at radius 3 is 0.765 bits per heavy atom. The third-order valence-electron chi connectivity index (χ3n) is 8.08. The van der Waals surface area contributed by atoms with Crippen LogP contribution in [0.1, 0.15) is 394 Å². The number of rotatable bonds is 14. The van der Waals surface area contributed by atoms with E-state index in [0.29, 0.717) is 10.8 Å². The second-order valence-corrected chi connectivity index (χ2v) is 37.9. The van der Waals surface area contributed by atoms with Crippen LogP contribution in [0.5, 0.6) is 0 Å². The molecule has 14 nitrogen and oxygen atoms in total. The molecule has 0 aliphatic rings. The van der Waals surface area contributed by atoms with Gasteiger partial charge in [-0.15, -0.1) is 0 Å². The molecule has 0 aromatic heterocycles. The molecule has 0 bridgehead atoms. The first-order chi connectivity index (χ1) is 43.4. The highest BCUT2D eigenvalue weighted by atomic mass is 15.4. The van der Waals surface area contributed by atoms with Gasteiger partial charge in [0.1, 0.15) is 0 Å². The molecule has 98 heavy (non-hydrogen) atoms. The maximum Gasteiger partial charge on any atom is 0.0828 e. The molecule has 0 unspecified atom stereocenters. The quantitative estimate of drug-likeness (QED) is 0.0368. The smallest absolute Gasteiger partial charge is 0.0828 e. The van der Waals surface area contributed by atoms with Crippen LogP contribution in [0.4, 0.5) is 0 Å². The van der Waals surface area contributed by atoms with Crippen molar-refractivity contribution in [2.45, 2.75) is 427 Å². The lowest BCUT2D eigenvalue weighted by Crippen LogP contribution is -2.43. The average molecular weight is 1400 g/mol. The maximum absolute atomic E-state index is 4.29. The fourth-order valence-corrected chi connectivity index (χ4v) is 3.86. The molecule has 8 N–H and O–H groups in total. The highest BCUT2D eigenvalue weighted by molar-refractivity contribution is 5.63. The SMILES string of the molecule is CC.CC.CC.CC.CC.CC.CC.CC(C)(C)/C=C\NNC(C)(C)C.CC(C)(C)/C=N\NCC(C)(C)C.CC(C)(C)C/C=N\NC(C)(C)C.CC(C)(C)CN=CNC(C)(C)C.CC(C)(C)CN=CNC(C)(C)C.CC(C)(C)CN=NCC(C)(C)C.CC(C)(C)N/C=C\NC(C)(C)C. The second kappa shape index (κ2) is 67.8. The number of hydrogen-bond donors (Lipinski definition) is 8. The van der Waals surface area contributed by atoms with E-state index >= 15 is 0 Å². The molecule has 0 heterocycles. The molecule has 0 radical (unpaired) electrons. The van der Waals surface area contributed by atoms with Gasteiger partial charge in [0.05, 0.1) is 25.8 Å². The van der Waals surface area contributed by atoms with Crippen LogP contribution in [0, 0.1) is 43.3 Å². The monoisotopic (exact) mass is 1400 g/mol. The molecule has 602 valence electrons. The Labute approximate surface area is 623 Å². The molecule has 0 aliphatic carbocycles. The van der Waals surface area contributed by atoms with Crippen LogP contribution >= 0.6 is 0 Å². The van der Waals surface area contributed by atoms with E-state index in [0.717, 1.165) is 39.1 Å². The zero-order valence-electron chi connectivity index (χ0n) is 78.5. The number of allylic oxidation sites excluding steroid dienone is 1. The predicted molar refractivity (Wildman–Crippen MR) is 465 cm³/mol. The molecule has 0 aliphatic heterocycles. The highest BCUT2D eigenvalue weighted by Gasteiger charge is 2.15. The summed E-state index contributed by atoms with van der Waals surface area (Å²) in [5.41, 5.74) is 15.2. The van der Waals surface area contributed by atoms with Gasteiger partial charge in [0.2, 0.25) is 0 Å². The van der Waals surface area contributed by atoms with Crippen molar-refractivity contribution in [1.29, 1.82) is 0 Å². The van der Waals surface area contributed by atoms with E-state index in [1.807, 2.05) is 141 Å². The topological polar surface area (TPSA) is 170 Å². The highest BCUT2D eigenvalue weighted by Crippen LogP contribution is 2.18. The van der Waals surface area contributed by atoms with E-state index in [1.54, 1.807) is 0 Å². The summed E-state index contributed by atoms with van der Waals surface area (Å²) in [5, 5.41) is 29.5. The number of hydrazine groups is 1. The fraction of sp³-hybridized carbons (Fsp3) is 0.905. The first-order valence-electron chi connectivity index (χ1n) is 38.3. The summed E-state index contributed by atoms with van der Waals surface area (Å²) in [6.07, 6.45) is 16.5. The lowest BCUT2D eigenvalue weighted by atomic mass is 9.93. The van der Waals surface area contributed by atoms with Crippen molar-refractivity contribution in [3.05, 3.63) is 24.7 Å².